The summed E-state index contributed by atoms with van der Waals surface area (Å²) in [5, 5.41) is 8.11. The Kier molecular flexibility index (Phi) is 5.48. The Hall–Kier alpha value is -2.07. The number of fused-ring (bicyclic) bond motifs is 1. The average Bonchev–Trinajstić information content (AvgIpc) is 3.08. The van der Waals surface area contributed by atoms with Crippen LogP contribution in [0.25, 0.3) is 10.8 Å². The van der Waals surface area contributed by atoms with E-state index in [0.717, 1.165) is 42.4 Å². The topological polar surface area (TPSA) is 44.4 Å². The molecule has 1 heterocycles. The first-order valence-corrected chi connectivity index (χ1v) is 8.58. The van der Waals surface area contributed by atoms with Crippen LogP contribution >= 0.6 is 0 Å². The maximum absolute atomic E-state index is 12.0. The van der Waals surface area contributed by atoms with E-state index in [9.17, 15) is 4.79 Å². The molecule has 1 saturated heterocycles. The molecule has 0 bridgehead atoms. The lowest BCUT2D eigenvalue weighted by atomic mass is 10.1. The first-order chi connectivity index (χ1) is 11.3. The second-order valence-corrected chi connectivity index (χ2v) is 6.16. The third kappa shape index (κ3) is 4.45. The Morgan fingerprint density at radius 2 is 1.78 bits per heavy atom. The van der Waals surface area contributed by atoms with Gasteiger partial charge in [-0.25, -0.2) is 4.79 Å². The molecule has 23 heavy (non-hydrogen) atoms. The molecule has 0 aliphatic carbocycles. The van der Waals surface area contributed by atoms with E-state index in [1.807, 2.05) is 30.3 Å². The number of carbonyl (C=O) groups is 1. The molecule has 0 aromatic heterocycles. The van der Waals surface area contributed by atoms with Crippen LogP contribution in [0.2, 0.25) is 0 Å². The highest BCUT2D eigenvalue weighted by Crippen LogP contribution is 2.22. The van der Waals surface area contributed by atoms with Crippen LogP contribution < -0.4 is 10.6 Å². The van der Waals surface area contributed by atoms with Crippen LogP contribution in [-0.4, -0.2) is 37.1 Å². The summed E-state index contributed by atoms with van der Waals surface area (Å²) in [5.41, 5.74) is 0.859. The van der Waals surface area contributed by atoms with Crippen molar-refractivity contribution in [2.75, 3.05) is 31.5 Å². The van der Waals surface area contributed by atoms with Gasteiger partial charge in [0.05, 0.1) is 5.69 Å². The number of carbonyl (C=O) groups excluding carboxylic acids is 1. The molecule has 1 fully saturated rings. The van der Waals surface area contributed by atoms with Gasteiger partial charge in [-0.15, -0.1) is 0 Å². The van der Waals surface area contributed by atoms with Gasteiger partial charge in [0, 0.05) is 11.9 Å². The highest BCUT2D eigenvalue weighted by atomic mass is 16.2. The zero-order valence-corrected chi connectivity index (χ0v) is 13.6. The molecule has 0 atom stereocenters. The quantitative estimate of drug-likeness (QED) is 0.796. The summed E-state index contributed by atoms with van der Waals surface area (Å²) in [7, 11) is 0. The van der Waals surface area contributed by atoms with Crippen LogP contribution in [0.4, 0.5) is 10.5 Å². The fourth-order valence-corrected chi connectivity index (χ4v) is 3.17. The molecule has 2 amide bonds. The van der Waals surface area contributed by atoms with Crippen molar-refractivity contribution >= 4 is 22.5 Å². The lowest BCUT2D eigenvalue weighted by Gasteiger charge is -2.14. The van der Waals surface area contributed by atoms with Crippen LogP contribution in [0.3, 0.4) is 0 Å². The molecular formula is C19H25N3O. The Labute approximate surface area is 137 Å². The summed E-state index contributed by atoms with van der Waals surface area (Å²) < 4.78 is 0. The molecule has 122 valence electrons. The van der Waals surface area contributed by atoms with Crippen LogP contribution in [0.15, 0.2) is 42.5 Å². The van der Waals surface area contributed by atoms with Gasteiger partial charge in [0.25, 0.3) is 0 Å². The van der Waals surface area contributed by atoms with E-state index in [0.29, 0.717) is 0 Å². The Morgan fingerprint density at radius 3 is 2.65 bits per heavy atom. The molecular weight excluding hydrogens is 286 g/mol. The minimum absolute atomic E-state index is 0.123. The van der Waals surface area contributed by atoms with Gasteiger partial charge in [-0.3, -0.25) is 0 Å². The Bertz CT molecular complexity index is 645. The average molecular weight is 311 g/mol. The van der Waals surface area contributed by atoms with Crippen molar-refractivity contribution in [3.8, 4) is 0 Å². The number of unbranched alkanes of at least 4 members (excludes halogenated alkanes) is 1. The van der Waals surface area contributed by atoms with Gasteiger partial charge in [-0.2, -0.15) is 0 Å². The summed E-state index contributed by atoms with van der Waals surface area (Å²) in [4.78, 5) is 14.6. The standard InChI is InChI=1S/C19H25N3O/c23-19(20-12-3-4-13-22-14-5-6-15-22)21-18-11-7-9-16-8-1-2-10-17(16)18/h1-2,7-11H,3-6,12-15H2,(H2,20,21,23). The van der Waals surface area contributed by atoms with Crippen LogP contribution in [-0.2, 0) is 0 Å². The molecule has 4 nitrogen and oxygen atoms in total. The fraction of sp³-hybridized carbons (Fsp3) is 0.421. The molecule has 0 radical (unpaired) electrons. The van der Waals surface area contributed by atoms with Crippen LogP contribution in [0.5, 0.6) is 0 Å². The molecule has 0 unspecified atom stereocenters. The minimum atomic E-state index is -0.123. The molecule has 3 rings (SSSR count). The van der Waals surface area contributed by atoms with Gasteiger partial charge < -0.3 is 15.5 Å². The van der Waals surface area contributed by atoms with E-state index >= 15 is 0 Å². The molecule has 0 spiro atoms. The smallest absolute Gasteiger partial charge is 0.319 e. The zero-order valence-electron chi connectivity index (χ0n) is 13.6. The van der Waals surface area contributed by atoms with Gasteiger partial charge >= 0.3 is 6.03 Å². The zero-order chi connectivity index (χ0) is 15.9. The fourth-order valence-electron chi connectivity index (χ4n) is 3.17. The van der Waals surface area contributed by atoms with Crippen molar-refractivity contribution in [2.45, 2.75) is 25.7 Å². The number of rotatable bonds is 6. The van der Waals surface area contributed by atoms with E-state index in [4.69, 9.17) is 0 Å². The number of hydrogen-bond donors (Lipinski definition) is 2. The lowest BCUT2D eigenvalue weighted by molar-refractivity contribution is 0.251. The summed E-state index contributed by atoms with van der Waals surface area (Å²) in [5.74, 6) is 0. The maximum Gasteiger partial charge on any atom is 0.319 e. The van der Waals surface area contributed by atoms with E-state index < -0.39 is 0 Å². The van der Waals surface area contributed by atoms with Gasteiger partial charge in [-0.05, 0) is 56.8 Å². The minimum Gasteiger partial charge on any atom is -0.338 e. The van der Waals surface area contributed by atoms with Crippen molar-refractivity contribution in [3.05, 3.63) is 42.5 Å². The number of hydrogen-bond acceptors (Lipinski definition) is 2. The molecule has 2 aromatic rings. The van der Waals surface area contributed by atoms with E-state index in [1.54, 1.807) is 0 Å². The first kappa shape index (κ1) is 15.8. The summed E-state index contributed by atoms with van der Waals surface area (Å²) in [6, 6.07) is 13.9. The summed E-state index contributed by atoms with van der Waals surface area (Å²) >= 11 is 0. The normalized spacial score (nSPS) is 15.0. The first-order valence-electron chi connectivity index (χ1n) is 8.58. The predicted octanol–water partition coefficient (Wildman–Crippen LogP) is 3.84. The van der Waals surface area contributed by atoms with Crippen molar-refractivity contribution in [3.63, 3.8) is 0 Å². The van der Waals surface area contributed by atoms with Crippen molar-refractivity contribution in [1.82, 2.24) is 10.2 Å². The Balaban J connectivity index is 1.42. The number of nitrogens with zero attached hydrogens (tertiary/aromatic N) is 1. The van der Waals surface area contributed by atoms with Gasteiger partial charge in [0.15, 0.2) is 0 Å². The lowest BCUT2D eigenvalue weighted by Crippen LogP contribution is -2.30. The van der Waals surface area contributed by atoms with Crippen LogP contribution in [0, 0.1) is 0 Å². The van der Waals surface area contributed by atoms with E-state index in [1.165, 1.54) is 25.9 Å². The van der Waals surface area contributed by atoms with E-state index in [-0.39, 0.29) is 6.03 Å². The monoisotopic (exact) mass is 311 g/mol. The highest BCUT2D eigenvalue weighted by molar-refractivity contribution is 6.01. The third-order valence-corrected chi connectivity index (χ3v) is 4.42. The molecule has 4 heteroatoms. The number of benzene rings is 2. The molecule has 1 aliphatic heterocycles. The Morgan fingerprint density at radius 1 is 1.00 bits per heavy atom. The van der Waals surface area contributed by atoms with Gasteiger partial charge in [-0.1, -0.05) is 36.4 Å². The number of urea groups is 1. The predicted molar refractivity (Wildman–Crippen MR) is 95.9 cm³/mol. The van der Waals surface area contributed by atoms with Crippen molar-refractivity contribution in [2.24, 2.45) is 0 Å². The SMILES string of the molecule is O=C(NCCCCN1CCCC1)Nc1cccc2ccccc12. The summed E-state index contributed by atoms with van der Waals surface area (Å²) in [6.45, 7) is 4.38. The highest BCUT2D eigenvalue weighted by Gasteiger charge is 2.10. The second kappa shape index (κ2) is 7.97. The van der Waals surface area contributed by atoms with Gasteiger partial charge in [0.1, 0.15) is 0 Å². The number of likely N-dealkylation sites (tertiary alicyclic amines) is 1. The number of nitrogens with one attached hydrogen (secondary N) is 2. The largest absolute Gasteiger partial charge is 0.338 e. The molecule has 1 aliphatic rings. The second-order valence-electron chi connectivity index (χ2n) is 6.16. The third-order valence-electron chi connectivity index (χ3n) is 4.42. The molecule has 0 saturated carbocycles. The van der Waals surface area contributed by atoms with Crippen molar-refractivity contribution < 1.29 is 4.79 Å². The van der Waals surface area contributed by atoms with E-state index in [2.05, 4.69) is 27.7 Å². The van der Waals surface area contributed by atoms with Crippen molar-refractivity contribution in [1.29, 1.82) is 0 Å². The molecule has 2 aromatic carbocycles. The maximum atomic E-state index is 12.0. The molecule has 2 N–H and O–H groups in total. The summed E-state index contributed by atoms with van der Waals surface area (Å²) in [6.07, 6.45) is 4.85. The van der Waals surface area contributed by atoms with Gasteiger partial charge in [0.2, 0.25) is 0 Å². The number of amides is 2. The van der Waals surface area contributed by atoms with Crippen LogP contribution in [0.1, 0.15) is 25.7 Å². The number of anilines is 1.